The quantitative estimate of drug-likeness (QED) is 0.248. The lowest BCUT2D eigenvalue weighted by molar-refractivity contribution is -0.122. The number of carbonyl (C=O) groups excluding carboxylic acids is 2. The Morgan fingerprint density at radius 2 is 1.61 bits per heavy atom. The molecule has 6 rings (SSSR count). The summed E-state index contributed by atoms with van der Waals surface area (Å²) >= 11 is 0. The maximum atomic E-state index is 13.2. The van der Waals surface area contributed by atoms with Crippen molar-refractivity contribution in [3.8, 4) is 0 Å². The van der Waals surface area contributed by atoms with Gasteiger partial charge >= 0.3 is 0 Å². The Bertz CT molecular complexity index is 1520. The van der Waals surface area contributed by atoms with E-state index in [2.05, 4.69) is 15.2 Å². The van der Waals surface area contributed by atoms with Crippen molar-refractivity contribution in [2.24, 2.45) is 0 Å². The van der Waals surface area contributed by atoms with Crippen molar-refractivity contribution in [2.75, 3.05) is 25.4 Å². The van der Waals surface area contributed by atoms with E-state index in [-0.39, 0.29) is 0 Å². The molecule has 0 bridgehead atoms. The van der Waals surface area contributed by atoms with E-state index in [1.165, 1.54) is 6.42 Å². The number of hydrogen-bond acceptors (Lipinski definition) is 5. The molecular formula is C28H29N5O3. The summed E-state index contributed by atoms with van der Waals surface area (Å²) < 4.78 is 1.92. The molecule has 8 heteroatoms. The van der Waals surface area contributed by atoms with Gasteiger partial charge in [0.1, 0.15) is 0 Å². The van der Waals surface area contributed by atoms with E-state index >= 15 is 0 Å². The maximum absolute atomic E-state index is 13.2. The lowest BCUT2D eigenvalue weighted by Crippen LogP contribution is -2.38. The smallest absolute Gasteiger partial charge is 0.259 e. The summed E-state index contributed by atoms with van der Waals surface area (Å²) in [5.41, 5.74) is 10.6. The molecule has 2 aliphatic heterocycles. The van der Waals surface area contributed by atoms with Crippen LogP contribution >= 0.6 is 0 Å². The number of piperidine rings is 1. The molecule has 2 aliphatic rings. The standard InChI is InChI=1S/C28H29N5O3/c29-22-9-6-8-19-21(16-33(26(19)22)15-17(34)14-32-11-4-1-5-12-32)25-24(27(35)31-28(25)36)20-13-30-23-10-3-2-7-18(20)23/h2-3,6-10,13,16-17,30,34H,1,4-5,11-12,14-15,29H2,(H,31,35,36). The van der Waals surface area contributed by atoms with Gasteiger partial charge in [0, 0.05) is 52.9 Å². The highest BCUT2D eigenvalue weighted by Gasteiger charge is 2.35. The van der Waals surface area contributed by atoms with Crippen LogP contribution in [0.15, 0.2) is 54.9 Å². The first-order chi connectivity index (χ1) is 17.5. The van der Waals surface area contributed by atoms with Crippen molar-refractivity contribution in [3.05, 3.63) is 66.0 Å². The number of carbonyl (C=O) groups is 2. The Kier molecular flexibility index (Phi) is 5.62. The Morgan fingerprint density at radius 1 is 0.889 bits per heavy atom. The SMILES string of the molecule is Nc1cccc2c(C3=C(c4c[nH]c5ccccc45)C(=O)NC3=O)cn(CC(O)CN3CCCCC3)c12. The van der Waals surface area contributed by atoms with Crippen molar-refractivity contribution < 1.29 is 14.7 Å². The number of aromatic amines is 1. The molecule has 1 atom stereocenters. The largest absolute Gasteiger partial charge is 0.397 e. The summed E-state index contributed by atoms with van der Waals surface area (Å²) in [4.78, 5) is 31.7. The molecule has 4 heterocycles. The van der Waals surface area contributed by atoms with Crippen LogP contribution < -0.4 is 11.1 Å². The molecule has 0 radical (unpaired) electrons. The van der Waals surface area contributed by atoms with Crippen molar-refractivity contribution in [1.29, 1.82) is 0 Å². The van der Waals surface area contributed by atoms with Crippen LogP contribution in [0, 0.1) is 0 Å². The molecule has 2 aromatic carbocycles. The molecule has 0 aliphatic carbocycles. The Balaban J connectivity index is 1.47. The summed E-state index contributed by atoms with van der Waals surface area (Å²) in [6, 6.07) is 13.3. The lowest BCUT2D eigenvalue weighted by atomic mass is 9.95. The van der Waals surface area contributed by atoms with Gasteiger partial charge in [-0.3, -0.25) is 14.9 Å². The number of imide groups is 1. The zero-order valence-corrected chi connectivity index (χ0v) is 20.0. The number of likely N-dealkylation sites (tertiary alicyclic amines) is 1. The maximum Gasteiger partial charge on any atom is 0.259 e. The van der Waals surface area contributed by atoms with Crippen molar-refractivity contribution in [3.63, 3.8) is 0 Å². The third kappa shape index (κ3) is 3.79. The van der Waals surface area contributed by atoms with Crippen LogP contribution in [0.4, 0.5) is 5.69 Å². The second-order valence-corrected chi connectivity index (χ2v) is 9.73. The molecule has 2 aromatic heterocycles. The molecule has 1 saturated heterocycles. The molecule has 4 aromatic rings. The van der Waals surface area contributed by atoms with Crippen LogP contribution in [0.2, 0.25) is 0 Å². The van der Waals surface area contributed by atoms with Crippen molar-refractivity contribution in [1.82, 2.24) is 19.8 Å². The zero-order valence-electron chi connectivity index (χ0n) is 20.0. The number of para-hydroxylation sites is 2. The van der Waals surface area contributed by atoms with Crippen LogP contribution in [-0.2, 0) is 16.1 Å². The van der Waals surface area contributed by atoms with E-state index in [9.17, 15) is 14.7 Å². The minimum Gasteiger partial charge on any atom is -0.397 e. The lowest BCUT2D eigenvalue weighted by Gasteiger charge is -2.28. The fraction of sp³-hybridized carbons (Fsp3) is 0.286. The van der Waals surface area contributed by atoms with E-state index in [1.54, 1.807) is 6.20 Å². The monoisotopic (exact) mass is 483 g/mol. The number of rotatable bonds is 6. The highest BCUT2D eigenvalue weighted by molar-refractivity contribution is 6.50. The number of aliphatic hydroxyl groups is 1. The van der Waals surface area contributed by atoms with Gasteiger partial charge in [-0.1, -0.05) is 36.8 Å². The Hall–Kier alpha value is -3.88. The Morgan fingerprint density at radius 3 is 2.42 bits per heavy atom. The highest BCUT2D eigenvalue weighted by atomic mass is 16.3. The van der Waals surface area contributed by atoms with E-state index in [1.807, 2.05) is 53.2 Å². The van der Waals surface area contributed by atoms with Gasteiger partial charge in [0.2, 0.25) is 0 Å². The number of nitrogens with one attached hydrogen (secondary N) is 2. The number of H-pyrrole nitrogens is 1. The summed E-state index contributed by atoms with van der Waals surface area (Å²) in [5.74, 6) is -0.856. The average molecular weight is 484 g/mol. The third-order valence-electron chi connectivity index (χ3n) is 7.31. The summed E-state index contributed by atoms with van der Waals surface area (Å²) in [6.45, 7) is 2.93. The van der Waals surface area contributed by atoms with E-state index < -0.39 is 17.9 Å². The molecule has 184 valence electrons. The first kappa shape index (κ1) is 22.6. The predicted molar refractivity (Wildman–Crippen MR) is 141 cm³/mol. The number of anilines is 1. The number of hydrogen-bond donors (Lipinski definition) is 4. The van der Waals surface area contributed by atoms with Crippen LogP contribution in [0.25, 0.3) is 33.0 Å². The summed E-state index contributed by atoms with van der Waals surface area (Å²) in [6.07, 6.45) is 6.58. The summed E-state index contributed by atoms with van der Waals surface area (Å²) in [5, 5.41) is 15.1. The number of nitrogen functional groups attached to an aromatic ring is 1. The number of amides is 2. The highest BCUT2D eigenvalue weighted by Crippen LogP contribution is 2.39. The number of nitrogens with zero attached hydrogens (tertiary/aromatic N) is 2. The van der Waals surface area contributed by atoms with Crippen LogP contribution in [-0.4, -0.2) is 57.1 Å². The third-order valence-corrected chi connectivity index (χ3v) is 7.31. The van der Waals surface area contributed by atoms with Gasteiger partial charge in [-0.05, 0) is 38.1 Å². The number of aromatic nitrogens is 2. The fourth-order valence-electron chi connectivity index (χ4n) is 5.70. The minimum absolute atomic E-state index is 0.324. The van der Waals surface area contributed by atoms with Gasteiger partial charge in [0.15, 0.2) is 0 Å². The van der Waals surface area contributed by atoms with Gasteiger partial charge < -0.3 is 25.3 Å². The first-order valence-electron chi connectivity index (χ1n) is 12.5. The molecule has 0 spiro atoms. The molecule has 1 fully saturated rings. The second-order valence-electron chi connectivity index (χ2n) is 9.73. The summed E-state index contributed by atoms with van der Waals surface area (Å²) in [7, 11) is 0. The van der Waals surface area contributed by atoms with Crippen molar-refractivity contribution >= 4 is 50.5 Å². The van der Waals surface area contributed by atoms with Gasteiger partial charge in [-0.25, -0.2) is 0 Å². The van der Waals surface area contributed by atoms with Crippen LogP contribution in [0.3, 0.4) is 0 Å². The minimum atomic E-state index is -0.590. The molecule has 5 N–H and O–H groups in total. The van der Waals surface area contributed by atoms with Gasteiger partial charge in [-0.2, -0.15) is 0 Å². The van der Waals surface area contributed by atoms with Crippen LogP contribution in [0.1, 0.15) is 30.4 Å². The number of fused-ring (bicyclic) bond motifs is 2. The molecule has 8 nitrogen and oxygen atoms in total. The van der Waals surface area contributed by atoms with Gasteiger partial charge in [-0.15, -0.1) is 0 Å². The number of aliphatic hydroxyl groups excluding tert-OH is 1. The van der Waals surface area contributed by atoms with Crippen LogP contribution in [0.5, 0.6) is 0 Å². The van der Waals surface area contributed by atoms with Crippen molar-refractivity contribution in [2.45, 2.75) is 31.9 Å². The molecule has 1 unspecified atom stereocenters. The van der Waals surface area contributed by atoms with Gasteiger partial charge in [0.25, 0.3) is 11.8 Å². The molecule has 0 saturated carbocycles. The number of β-amino-alcohol motifs (C(OH)–C–C–N with tert-alkyl or cyclic N) is 1. The first-order valence-corrected chi connectivity index (χ1v) is 12.5. The van der Waals surface area contributed by atoms with E-state index in [0.29, 0.717) is 41.1 Å². The molecule has 36 heavy (non-hydrogen) atoms. The van der Waals surface area contributed by atoms with Gasteiger partial charge in [0.05, 0.1) is 28.5 Å². The van der Waals surface area contributed by atoms with E-state index in [0.717, 1.165) is 47.7 Å². The molecule has 2 amide bonds. The average Bonchev–Trinajstić information content (AvgIpc) is 3.53. The normalized spacial score (nSPS) is 17.9. The predicted octanol–water partition coefficient (Wildman–Crippen LogP) is 3.12. The topological polar surface area (TPSA) is 116 Å². The Labute approximate surface area is 208 Å². The number of nitrogens with two attached hydrogens (primary N) is 1. The zero-order chi connectivity index (χ0) is 24.8. The molecular weight excluding hydrogens is 454 g/mol. The number of benzene rings is 2. The second kappa shape index (κ2) is 8.96. The fourth-order valence-corrected chi connectivity index (χ4v) is 5.70. The van der Waals surface area contributed by atoms with E-state index in [4.69, 9.17) is 5.73 Å².